The quantitative estimate of drug-likeness (QED) is 0.422. The van der Waals surface area contributed by atoms with Crippen LogP contribution >= 0.6 is 0 Å². The number of rotatable bonds is 9. The van der Waals surface area contributed by atoms with Crippen molar-refractivity contribution in [2.24, 2.45) is 0 Å². The van der Waals surface area contributed by atoms with Crippen molar-refractivity contribution in [3.8, 4) is 5.75 Å². The molecular formula is C15H22N2O4. The topological polar surface area (TPSA) is 74.0 Å². The molecule has 0 spiro atoms. The van der Waals surface area contributed by atoms with Gasteiger partial charge in [0.05, 0.1) is 25.9 Å². The second kappa shape index (κ2) is 8.86. The Morgan fingerprint density at radius 2 is 2.05 bits per heavy atom. The lowest BCUT2D eigenvalue weighted by Crippen LogP contribution is -2.31. The molecule has 116 valence electrons. The lowest BCUT2D eigenvalue weighted by atomic mass is 10.2. The largest absolute Gasteiger partial charge is 0.495 e. The van der Waals surface area contributed by atoms with Crippen LogP contribution in [0.5, 0.6) is 5.75 Å². The highest BCUT2D eigenvalue weighted by atomic mass is 16.5. The summed E-state index contributed by atoms with van der Waals surface area (Å²) in [6.45, 7) is 5.38. The van der Waals surface area contributed by atoms with E-state index in [-0.39, 0.29) is 6.61 Å². The van der Waals surface area contributed by atoms with Crippen LogP contribution in [-0.2, 0) is 14.3 Å². The molecular weight excluding hydrogens is 272 g/mol. The van der Waals surface area contributed by atoms with Crippen LogP contribution in [0.2, 0.25) is 0 Å². The number of methoxy groups -OCH3 is 2. The first kappa shape index (κ1) is 16.8. The van der Waals surface area contributed by atoms with E-state index in [1.165, 1.54) is 0 Å². The van der Waals surface area contributed by atoms with Gasteiger partial charge in [0.25, 0.3) is 0 Å². The van der Waals surface area contributed by atoms with Crippen molar-refractivity contribution in [1.29, 1.82) is 0 Å². The molecule has 0 saturated heterocycles. The smallest absolute Gasteiger partial charge is 0.330 e. The number of esters is 1. The summed E-state index contributed by atoms with van der Waals surface area (Å²) in [5.74, 6) is 0.176. The van der Waals surface area contributed by atoms with Crippen LogP contribution in [-0.4, -0.2) is 46.5 Å². The van der Waals surface area contributed by atoms with Gasteiger partial charge in [-0.2, -0.15) is 0 Å². The Bertz CT molecular complexity index is 477. The SMILES string of the molecule is C=CC(=O)OCCN(CCOC)c1ccc(N)c(OC)c1. The molecule has 0 aliphatic heterocycles. The van der Waals surface area contributed by atoms with Crippen molar-refractivity contribution in [3.63, 3.8) is 0 Å². The maximum absolute atomic E-state index is 11.1. The Labute approximate surface area is 125 Å². The fourth-order valence-corrected chi connectivity index (χ4v) is 1.78. The number of nitrogens with zero attached hydrogens (tertiary/aromatic N) is 1. The fraction of sp³-hybridized carbons (Fsp3) is 0.400. The van der Waals surface area contributed by atoms with Crippen molar-refractivity contribution in [1.82, 2.24) is 0 Å². The van der Waals surface area contributed by atoms with E-state index in [1.807, 2.05) is 17.0 Å². The summed E-state index contributed by atoms with van der Waals surface area (Å²) < 4.78 is 15.3. The van der Waals surface area contributed by atoms with E-state index in [9.17, 15) is 4.79 Å². The van der Waals surface area contributed by atoms with Gasteiger partial charge in [0.2, 0.25) is 0 Å². The molecule has 1 aromatic carbocycles. The zero-order chi connectivity index (χ0) is 15.7. The average molecular weight is 294 g/mol. The zero-order valence-electron chi connectivity index (χ0n) is 12.5. The zero-order valence-corrected chi connectivity index (χ0v) is 12.5. The number of ether oxygens (including phenoxy) is 3. The summed E-state index contributed by atoms with van der Waals surface area (Å²) in [6.07, 6.45) is 1.14. The van der Waals surface area contributed by atoms with Gasteiger partial charge < -0.3 is 24.8 Å². The minimum absolute atomic E-state index is 0.265. The van der Waals surface area contributed by atoms with Gasteiger partial charge >= 0.3 is 5.97 Å². The molecule has 0 radical (unpaired) electrons. The van der Waals surface area contributed by atoms with Crippen LogP contribution in [0.3, 0.4) is 0 Å². The second-order valence-corrected chi connectivity index (χ2v) is 4.28. The van der Waals surface area contributed by atoms with Crippen LogP contribution in [0.15, 0.2) is 30.9 Å². The van der Waals surface area contributed by atoms with E-state index in [0.29, 0.717) is 31.1 Å². The molecule has 0 amide bonds. The van der Waals surface area contributed by atoms with Gasteiger partial charge in [-0.25, -0.2) is 4.79 Å². The average Bonchev–Trinajstić information content (AvgIpc) is 2.51. The monoisotopic (exact) mass is 294 g/mol. The molecule has 0 unspecified atom stereocenters. The molecule has 6 heteroatoms. The Balaban J connectivity index is 2.76. The third-order valence-corrected chi connectivity index (χ3v) is 2.92. The van der Waals surface area contributed by atoms with Crippen LogP contribution in [0, 0.1) is 0 Å². The van der Waals surface area contributed by atoms with E-state index in [1.54, 1.807) is 20.3 Å². The van der Waals surface area contributed by atoms with E-state index in [4.69, 9.17) is 19.9 Å². The highest BCUT2D eigenvalue weighted by molar-refractivity contribution is 5.81. The number of nitrogens with two attached hydrogens (primary N) is 1. The van der Waals surface area contributed by atoms with Gasteiger partial charge in [-0.3, -0.25) is 0 Å². The van der Waals surface area contributed by atoms with Crippen LogP contribution in [0.4, 0.5) is 11.4 Å². The predicted molar refractivity (Wildman–Crippen MR) is 82.7 cm³/mol. The molecule has 1 rings (SSSR count). The summed E-state index contributed by atoms with van der Waals surface area (Å²) in [5, 5.41) is 0. The van der Waals surface area contributed by atoms with Crippen LogP contribution in [0.25, 0.3) is 0 Å². The third kappa shape index (κ3) is 5.35. The van der Waals surface area contributed by atoms with Crippen LogP contribution < -0.4 is 15.4 Å². The Hall–Kier alpha value is -2.21. The first-order valence-corrected chi connectivity index (χ1v) is 6.59. The molecule has 0 atom stereocenters. The van der Waals surface area contributed by atoms with Gasteiger partial charge in [0.15, 0.2) is 0 Å². The number of benzene rings is 1. The molecule has 21 heavy (non-hydrogen) atoms. The fourth-order valence-electron chi connectivity index (χ4n) is 1.78. The van der Waals surface area contributed by atoms with E-state index in [2.05, 4.69) is 6.58 Å². The van der Waals surface area contributed by atoms with Crippen molar-refractivity contribution in [3.05, 3.63) is 30.9 Å². The van der Waals surface area contributed by atoms with Gasteiger partial charge in [0.1, 0.15) is 12.4 Å². The maximum Gasteiger partial charge on any atom is 0.330 e. The minimum atomic E-state index is -0.434. The maximum atomic E-state index is 11.1. The summed E-state index contributed by atoms with van der Waals surface area (Å²) in [5.41, 5.74) is 7.31. The molecule has 6 nitrogen and oxygen atoms in total. The summed E-state index contributed by atoms with van der Waals surface area (Å²) >= 11 is 0. The molecule has 0 aromatic heterocycles. The number of carbonyl (C=O) groups excluding carboxylic acids is 1. The highest BCUT2D eigenvalue weighted by Crippen LogP contribution is 2.27. The predicted octanol–water partition coefficient (Wildman–Crippen LogP) is 1.46. The summed E-state index contributed by atoms with van der Waals surface area (Å²) in [4.78, 5) is 13.1. The van der Waals surface area contributed by atoms with E-state index >= 15 is 0 Å². The number of carbonyl (C=O) groups is 1. The molecule has 0 saturated carbocycles. The van der Waals surface area contributed by atoms with Crippen molar-refractivity contribution in [2.45, 2.75) is 0 Å². The lowest BCUT2D eigenvalue weighted by Gasteiger charge is -2.25. The molecule has 0 fully saturated rings. The number of hydrogen-bond donors (Lipinski definition) is 1. The molecule has 0 bridgehead atoms. The van der Waals surface area contributed by atoms with Gasteiger partial charge in [-0.1, -0.05) is 6.58 Å². The lowest BCUT2D eigenvalue weighted by molar-refractivity contribution is -0.137. The third-order valence-electron chi connectivity index (χ3n) is 2.92. The first-order chi connectivity index (χ1) is 10.1. The van der Waals surface area contributed by atoms with Gasteiger partial charge in [-0.15, -0.1) is 0 Å². The van der Waals surface area contributed by atoms with Crippen molar-refractivity contribution < 1.29 is 19.0 Å². The van der Waals surface area contributed by atoms with Gasteiger partial charge in [-0.05, 0) is 12.1 Å². The van der Waals surface area contributed by atoms with Crippen molar-refractivity contribution in [2.75, 3.05) is 51.2 Å². The Morgan fingerprint density at radius 1 is 1.33 bits per heavy atom. The van der Waals surface area contributed by atoms with Gasteiger partial charge in [0, 0.05) is 31.5 Å². The molecule has 2 N–H and O–H groups in total. The molecule has 0 aliphatic carbocycles. The Kier molecular flexibility index (Phi) is 7.11. The molecule has 0 heterocycles. The molecule has 1 aromatic rings. The van der Waals surface area contributed by atoms with E-state index in [0.717, 1.165) is 11.8 Å². The molecule has 0 aliphatic rings. The van der Waals surface area contributed by atoms with Crippen LogP contribution in [0.1, 0.15) is 0 Å². The second-order valence-electron chi connectivity index (χ2n) is 4.28. The normalized spacial score (nSPS) is 10.0. The standard InChI is InChI=1S/C15H22N2O4/c1-4-15(18)21-10-8-17(7-9-19-2)12-5-6-13(16)14(11-12)20-3/h4-6,11H,1,7-10,16H2,2-3H3. The summed E-state index contributed by atoms with van der Waals surface area (Å²) in [7, 11) is 3.21. The number of anilines is 2. The first-order valence-electron chi connectivity index (χ1n) is 6.59. The summed E-state index contributed by atoms with van der Waals surface area (Å²) in [6, 6.07) is 5.52. The number of hydrogen-bond acceptors (Lipinski definition) is 6. The minimum Gasteiger partial charge on any atom is -0.495 e. The van der Waals surface area contributed by atoms with Crippen molar-refractivity contribution >= 4 is 17.3 Å². The number of nitrogen functional groups attached to an aromatic ring is 1. The Morgan fingerprint density at radius 3 is 2.67 bits per heavy atom. The van der Waals surface area contributed by atoms with E-state index < -0.39 is 5.97 Å². The highest BCUT2D eigenvalue weighted by Gasteiger charge is 2.10.